The molecule has 7 aromatic rings. The molecule has 7 aromatic heterocycles. The number of aldehydes is 1. The van der Waals surface area contributed by atoms with Crippen LogP contribution in [0.3, 0.4) is 0 Å². The van der Waals surface area contributed by atoms with Gasteiger partial charge in [0.25, 0.3) is 0 Å². The number of pyridine rings is 7. The SMILES string of the molecule is CCOC(=O)/C=C/C1(c2ccncc2)CCN(C)CC1.CCOC(=O)C1(c2ccncc2)CCN(C)CC1.CCOC(=O)CCC1(c2ccncc2)CCN(C)CC1.CCOC(=O)CP(=O)(OCC)OCC.CCOC(=O)Cc1ccncc1.CN(CCCl)CCCl.CN1CCC(C=O)(c2ccncc2)CC1.CN1CCC(CCCO)(c2ccncc2)CC1.CN1CCC(CO)(c2ccncc2)CC1.[CH3-].[Pd]. The van der Waals surface area contributed by atoms with Gasteiger partial charge in [-0.1, -0.05) is 6.08 Å². The number of halogens is 2. The van der Waals surface area contributed by atoms with Crippen molar-refractivity contribution in [3.05, 3.63) is 230 Å². The van der Waals surface area contributed by atoms with Crippen LogP contribution in [0, 0.1) is 7.43 Å². The van der Waals surface area contributed by atoms with E-state index in [-0.39, 0.29) is 111 Å². The van der Waals surface area contributed by atoms with E-state index in [0.717, 1.165) is 198 Å². The van der Waals surface area contributed by atoms with Crippen LogP contribution in [-0.4, -0.2) is 334 Å². The summed E-state index contributed by atoms with van der Waals surface area (Å²) in [6.45, 7) is 29.7. The maximum absolute atomic E-state index is 12.4. The number of aliphatic hydroxyl groups excluding tert-OH is 2. The van der Waals surface area contributed by atoms with E-state index < -0.39 is 19.0 Å². The first kappa shape index (κ1) is 127. The number of hydrogen-bond donors (Lipinski definition) is 2. The zero-order valence-corrected chi connectivity index (χ0v) is 90.7. The monoisotopic (exact) mass is 2110 g/mol. The number of aliphatic hydroxyl groups is 2. The maximum Gasteiger partial charge on any atom is 0.341 e. The van der Waals surface area contributed by atoms with Gasteiger partial charge in [0, 0.05) is 162 Å². The summed E-state index contributed by atoms with van der Waals surface area (Å²) in [6.07, 6.45) is 45.2. The third kappa shape index (κ3) is 44.8. The van der Waals surface area contributed by atoms with E-state index in [1.807, 2.05) is 132 Å². The van der Waals surface area contributed by atoms with Crippen LogP contribution in [0.1, 0.15) is 190 Å². The molecular formula is C107H164Cl2N14O16PPd-. The minimum atomic E-state index is -3.28. The number of esters is 5. The molecule has 0 unspecified atom stereocenters. The Balaban J connectivity index is 0.000000411. The molecule has 0 spiro atoms. The third-order valence-corrected chi connectivity index (χ3v) is 28.9. The summed E-state index contributed by atoms with van der Waals surface area (Å²) in [7, 11) is 11.5. The van der Waals surface area contributed by atoms with E-state index in [1.54, 1.807) is 83.1 Å². The third-order valence-electron chi connectivity index (χ3n) is 26.6. The molecule has 6 saturated heterocycles. The number of ether oxygens (including phenoxy) is 5. The molecule has 30 nitrogen and oxygen atoms in total. The van der Waals surface area contributed by atoms with Crippen molar-refractivity contribution < 1.29 is 96.7 Å². The molecule has 0 radical (unpaired) electrons. The molecule has 13 rings (SSSR count). The van der Waals surface area contributed by atoms with Crippen molar-refractivity contribution >= 4 is 66.9 Å². The van der Waals surface area contributed by atoms with Crippen molar-refractivity contribution in [2.45, 2.75) is 190 Å². The number of piperidine rings is 6. The molecule has 6 fully saturated rings. The van der Waals surface area contributed by atoms with Crippen LogP contribution >= 0.6 is 30.8 Å². The molecule has 0 saturated carbocycles. The average Bonchev–Trinajstić information content (AvgIpc) is 0.799. The normalized spacial score (nSPS) is 17.4. The van der Waals surface area contributed by atoms with E-state index in [4.69, 9.17) is 56.3 Å². The fourth-order valence-corrected chi connectivity index (χ4v) is 19.7. The van der Waals surface area contributed by atoms with Crippen molar-refractivity contribution in [1.82, 2.24) is 69.2 Å². The van der Waals surface area contributed by atoms with Crippen LogP contribution in [0.25, 0.3) is 0 Å². The van der Waals surface area contributed by atoms with Gasteiger partial charge < -0.3 is 89.5 Å². The predicted molar refractivity (Wildman–Crippen MR) is 556 cm³/mol. The summed E-state index contributed by atoms with van der Waals surface area (Å²) in [5, 5.41) is 18.7. The molecular weight excluding hydrogens is 1950 g/mol. The van der Waals surface area contributed by atoms with Crippen molar-refractivity contribution in [3.8, 4) is 0 Å². The van der Waals surface area contributed by atoms with Crippen molar-refractivity contribution in [2.75, 3.05) is 218 Å². The van der Waals surface area contributed by atoms with E-state index in [9.17, 15) is 38.4 Å². The zero-order chi connectivity index (χ0) is 102. The Hall–Kier alpha value is -8.16. The second kappa shape index (κ2) is 70.6. The standard InChI is InChI=1S/C16H24N2O2.C16H22N2O2.C14H20N2O2.C14H22N2O.C12H18N2O.C12H16N2O.C9H11NO2.C8H17O5P.C5H11Cl2N.CH3.Pd/c2*1-3-20-15(19)4-7-16(8-12-18(2)13-9-16)14-5-10-17-11-6-14;1-3-18-13(17)14(6-10-16(2)11-7-14)12-4-8-15-9-5-12;1-16-10-6-14(7-11-16,5-2-12-17)13-3-8-15-9-4-13;2*1-14-8-4-12(10-15,5-9-14)11-2-6-13-7-3-11;1-2-12-9(11)7-8-3-5-10-6-4-8;1-4-11-8(9)7-14(10,12-5-2)13-6-3;1-8(4-2-6)5-3-7;;/h5-6,10-11H,3-4,7-9,12-13H2,1-2H3;4-7,10-11H,3,8-9,12-13H2,1-2H3;4-5,8-9H,3,6-7,10-11H2,1-2H3;3-4,8-9,17H,2,5-7,10-12H2,1H3;2-3,6-7,15H,4-5,8-10H2,1H3;2-3,6-7,10H,4-5,8-9H2,1H3;3-6H,2,7H2,1H3;4-7H2,1-3H3;2-5H2,1H3;1H3;/q;;;;;;;;;-1;/b;7-4+;;;;;;;;;. The molecule has 34 heteroatoms. The number of rotatable bonds is 34. The van der Waals surface area contributed by atoms with Gasteiger partial charge in [0.1, 0.15) is 12.4 Å². The molecule has 2 N–H and O–H groups in total. The summed E-state index contributed by atoms with van der Waals surface area (Å²) in [4.78, 5) is 113. The number of carbonyl (C=O) groups excluding carboxylic acids is 6. The van der Waals surface area contributed by atoms with Crippen LogP contribution in [0.2, 0.25) is 0 Å². The quantitative estimate of drug-likeness (QED) is 0.00553. The van der Waals surface area contributed by atoms with Crippen LogP contribution in [0.4, 0.5) is 0 Å². The molecule has 0 aromatic carbocycles. The number of aromatic nitrogens is 7. The Morgan fingerprint density at radius 2 is 0.716 bits per heavy atom. The molecule has 0 amide bonds. The van der Waals surface area contributed by atoms with Gasteiger partial charge in [0.2, 0.25) is 0 Å². The second-order valence-corrected chi connectivity index (χ2v) is 38.9. The Labute approximate surface area is 865 Å². The van der Waals surface area contributed by atoms with Gasteiger partial charge in [-0.3, -0.25) is 58.6 Å². The molecule has 0 bridgehead atoms. The smallest absolute Gasteiger partial charge is 0.341 e. The van der Waals surface area contributed by atoms with Crippen LogP contribution in [-0.2, 0) is 125 Å². The molecule has 141 heavy (non-hydrogen) atoms. The minimum absolute atomic E-state index is 0. The molecule has 0 atom stereocenters. The van der Waals surface area contributed by atoms with E-state index >= 15 is 0 Å². The van der Waals surface area contributed by atoms with Crippen LogP contribution in [0.5, 0.6) is 0 Å². The fourth-order valence-electron chi connectivity index (χ4n) is 17.7. The Morgan fingerprint density at radius 1 is 0.404 bits per heavy atom. The van der Waals surface area contributed by atoms with Crippen molar-refractivity contribution in [3.63, 3.8) is 0 Å². The molecule has 788 valence electrons. The maximum atomic E-state index is 12.4. The predicted octanol–water partition coefficient (Wildman–Crippen LogP) is 15.1. The van der Waals surface area contributed by atoms with Crippen molar-refractivity contribution in [2.24, 2.45) is 0 Å². The number of allylic oxidation sites excluding steroid dienone is 1. The minimum Gasteiger partial charge on any atom is -0.466 e. The average molecular weight is 2110 g/mol. The van der Waals surface area contributed by atoms with Gasteiger partial charge in [-0.15, -0.1) is 23.2 Å². The number of nitrogens with zero attached hydrogens (tertiary/aromatic N) is 14. The first-order chi connectivity index (χ1) is 67.0. The van der Waals surface area contributed by atoms with E-state index in [0.29, 0.717) is 57.6 Å². The summed E-state index contributed by atoms with van der Waals surface area (Å²) < 4.78 is 46.4. The first-order valence-corrected chi connectivity index (χ1v) is 52.1. The summed E-state index contributed by atoms with van der Waals surface area (Å²) in [5.74, 6) is 0.186. The Kier molecular flexibility index (Phi) is 63.6. The molecule has 6 aliphatic rings. The van der Waals surface area contributed by atoms with Gasteiger partial charge in [-0.05, 0) is 407 Å². The van der Waals surface area contributed by atoms with E-state index in [2.05, 4.69) is 140 Å². The number of alkyl halides is 2. The second-order valence-electron chi connectivity index (χ2n) is 36.1. The van der Waals surface area contributed by atoms with Gasteiger partial charge in [-0.25, -0.2) is 4.79 Å². The summed E-state index contributed by atoms with van der Waals surface area (Å²) in [6, 6.07) is 28.0. The Bertz CT molecular complexity index is 4520. The van der Waals surface area contributed by atoms with Gasteiger partial charge in [-0.2, -0.15) is 0 Å². The topological polar surface area (TPSA) is 337 Å². The number of likely N-dealkylation sites (tertiary alicyclic amines) is 6. The number of carbonyl (C=O) groups is 6. The van der Waals surface area contributed by atoms with E-state index in [1.165, 1.54) is 35.1 Å². The first-order valence-electron chi connectivity index (χ1n) is 49.3. The van der Waals surface area contributed by atoms with Crippen LogP contribution < -0.4 is 0 Å². The zero-order valence-electron chi connectivity index (χ0n) is 86.7. The van der Waals surface area contributed by atoms with Crippen LogP contribution in [0.15, 0.2) is 184 Å². The summed E-state index contributed by atoms with van der Waals surface area (Å²) >= 11 is 10.9. The van der Waals surface area contributed by atoms with Crippen molar-refractivity contribution in [1.29, 1.82) is 0 Å². The number of hydrogen-bond acceptors (Lipinski definition) is 30. The van der Waals surface area contributed by atoms with Gasteiger partial charge in [0.15, 0.2) is 0 Å². The summed E-state index contributed by atoms with van der Waals surface area (Å²) in [5.41, 5.74) is 7.74. The van der Waals surface area contributed by atoms with Gasteiger partial charge >= 0.3 is 37.4 Å². The molecule has 13 heterocycles. The molecule has 0 aliphatic carbocycles. The van der Waals surface area contributed by atoms with Gasteiger partial charge in [0.05, 0.1) is 70.1 Å². The fraction of sp³-hybridized carbons (Fsp3) is 0.589. The Morgan fingerprint density at radius 3 is 1.07 bits per heavy atom. The molecule has 6 aliphatic heterocycles. The largest absolute Gasteiger partial charge is 0.466 e.